The maximum Gasteiger partial charge on any atom is 0.227 e. The zero-order valence-electron chi connectivity index (χ0n) is 15.3. The number of anilines is 1. The highest BCUT2D eigenvalue weighted by molar-refractivity contribution is 6.00. The minimum Gasteiger partial charge on any atom is -0.392 e. The normalized spacial score (nSPS) is 18.6. The van der Waals surface area contributed by atoms with Crippen molar-refractivity contribution >= 4 is 17.5 Å². The summed E-state index contributed by atoms with van der Waals surface area (Å²) in [5.41, 5.74) is 5.31. The van der Waals surface area contributed by atoms with Crippen LogP contribution in [0.15, 0.2) is 42.5 Å². The Kier molecular flexibility index (Phi) is 4.94. The third-order valence-electron chi connectivity index (χ3n) is 5.63. The van der Waals surface area contributed by atoms with Crippen LogP contribution in [0, 0.1) is 5.92 Å². The Morgan fingerprint density at radius 3 is 2.70 bits per heavy atom. The van der Waals surface area contributed by atoms with E-state index in [1.807, 2.05) is 30.3 Å². The number of aliphatic hydroxyl groups is 1. The fourth-order valence-corrected chi connectivity index (χ4v) is 4.07. The predicted molar refractivity (Wildman–Crippen MR) is 103 cm³/mol. The molecule has 1 fully saturated rings. The zero-order chi connectivity index (χ0) is 18.8. The van der Waals surface area contributed by atoms with E-state index in [4.69, 9.17) is 0 Å². The quantitative estimate of drug-likeness (QED) is 0.856. The summed E-state index contributed by atoms with van der Waals surface area (Å²) < 4.78 is 0. The number of aryl methyl sites for hydroxylation is 2. The Morgan fingerprint density at radius 1 is 1.11 bits per heavy atom. The first-order valence-electron chi connectivity index (χ1n) is 9.53. The lowest BCUT2D eigenvalue weighted by Gasteiger charge is -2.18. The highest BCUT2D eigenvalue weighted by Crippen LogP contribution is 2.30. The monoisotopic (exact) mass is 364 g/mol. The molecule has 2 amide bonds. The summed E-state index contributed by atoms with van der Waals surface area (Å²) in [5, 5.41) is 12.3. The van der Waals surface area contributed by atoms with Crippen molar-refractivity contribution in [3.05, 3.63) is 64.7 Å². The second kappa shape index (κ2) is 7.53. The maximum atomic E-state index is 12.6. The molecule has 0 bridgehead atoms. The Morgan fingerprint density at radius 2 is 1.89 bits per heavy atom. The summed E-state index contributed by atoms with van der Waals surface area (Å²) in [7, 11) is 0. The highest BCUT2D eigenvalue weighted by Gasteiger charge is 2.35. The lowest BCUT2D eigenvalue weighted by molar-refractivity contribution is -0.126. The van der Waals surface area contributed by atoms with Crippen LogP contribution in [0.2, 0.25) is 0 Å². The second-order valence-electron chi connectivity index (χ2n) is 7.36. The van der Waals surface area contributed by atoms with E-state index in [1.165, 1.54) is 17.5 Å². The molecular formula is C22H24N2O3. The first-order valence-corrected chi connectivity index (χ1v) is 9.53. The average molecular weight is 364 g/mol. The van der Waals surface area contributed by atoms with Crippen LogP contribution in [0.1, 0.15) is 35.1 Å². The van der Waals surface area contributed by atoms with Gasteiger partial charge in [0.2, 0.25) is 11.8 Å². The Hall–Kier alpha value is -2.66. The molecule has 1 unspecified atom stereocenters. The molecule has 1 aliphatic heterocycles. The number of aliphatic hydroxyl groups excluding tert-OH is 1. The smallest absolute Gasteiger partial charge is 0.227 e. The van der Waals surface area contributed by atoms with Crippen LogP contribution in [0.5, 0.6) is 0 Å². The van der Waals surface area contributed by atoms with Crippen molar-refractivity contribution < 1.29 is 14.7 Å². The van der Waals surface area contributed by atoms with Crippen molar-refractivity contribution in [2.24, 2.45) is 5.92 Å². The fraction of sp³-hybridized carbons (Fsp3) is 0.364. The van der Waals surface area contributed by atoms with Crippen LogP contribution in [-0.2, 0) is 35.6 Å². The summed E-state index contributed by atoms with van der Waals surface area (Å²) in [6, 6.07) is 13.7. The van der Waals surface area contributed by atoms with Crippen LogP contribution in [0.3, 0.4) is 0 Å². The van der Waals surface area contributed by atoms with E-state index in [0.29, 0.717) is 13.1 Å². The van der Waals surface area contributed by atoms with Gasteiger partial charge in [0.1, 0.15) is 0 Å². The molecular weight excluding hydrogens is 340 g/mol. The summed E-state index contributed by atoms with van der Waals surface area (Å²) in [6.45, 7) is 0.726. The van der Waals surface area contributed by atoms with Gasteiger partial charge in [-0.1, -0.05) is 30.3 Å². The molecule has 0 aromatic heterocycles. The van der Waals surface area contributed by atoms with Gasteiger partial charge in [0, 0.05) is 25.2 Å². The van der Waals surface area contributed by atoms with Gasteiger partial charge in [0.05, 0.1) is 12.5 Å². The molecule has 140 valence electrons. The van der Waals surface area contributed by atoms with Crippen molar-refractivity contribution in [2.45, 2.75) is 38.8 Å². The van der Waals surface area contributed by atoms with Crippen LogP contribution in [-0.4, -0.2) is 23.5 Å². The van der Waals surface area contributed by atoms with Crippen molar-refractivity contribution in [3.63, 3.8) is 0 Å². The number of carbonyl (C=O) groups excluding carboxylic acids is 2. The van der Waals surface area contributed by atoms with Crippen molar-refractivity contribution in [1.82, 2.24) is 5.32 Å². The molecule has 2 aromatic carbocycles. The molecule has 5 heteroatoms. The number of nitrogens with zero attached hydrogens (tertiary/aromatic N) is 1. The second-order valence-corrected chi connectivity index (χ2v) is 7.36. The van der Waals surface area contributed by atoms with E-state index >= 15 is 0 Å². The molecule has 2 aromatic rings. The first-order chi connectivity index (χ1) is 13.2. The lowest BCUT2D eigenvalue weighted by Crippen LogP contribution is -2.32. The molecule has 5 nitrogen and oxygen atoms in total. The van der Waals surface area contributed by atoms with Crippen molar-refractivity contribution in [1.29, 1.82) is 0 Å². The molecule has 1 heterocycles. The Balaban J connectivity index is 1.40. The van der Waals surface area contributed by atoms with Gasteiger partial charge in [-0.25, -0.2) is 0 Å². The molecule has 0 radical (unpaired) electrons. The molecule has 2 N–H and O–H groups in total. The van der Waals surface area contributed by atoms with E-state index in [9.17, 15) is 14.7 Å². The lowest BCUT2D eigenvalue weighted by atomic mass is 10.1. The molecule has 0 spiro atoms. The number of hydrogen-bond acceptors (Lipinski definition) is 3. The van der Waals surface area contributed by atoms with E-state index in [-0.39, 0.29) is 30.8 Å². The van der Waals surface area contributed by atoms with E-state index in [1.54, 1.807) is 4.90 Å². The minimum atomic E-state index is -0.341. The van der Waals surface area contributed by atoms with Gasteiger partial charge in [0.15, 0.2) is 0 Å². The van der Waals surface area contributed by atoms with Gasteiger partial charge in [-0.05, 0) is 53.6 Å². The van der Waals surface area contributed by atoms with Gasteiger partial charge in [-0.2, -0.15) is 0 Å². The number of hydrogen-bond donors (Lipinski definition) is 2. The van der Waals surface area contributed by atoms with Crippen LogP contribution >= 0.6 is 0 Å². The van der Waals surface area contributed by atoms with Gasteiger partial charge in [-0.3, -0.25) is 9.59 Å². The van der Waals surface area contributed by atoms with Crippen LogP contribution < -0.4 is 10.2 Å². The SMILES string of the molecule is O=C(NCc1ccccc1CO)C1CC(=O)N(c2ccc3c(c2)CCC3)C1. The van der Waals surface area contributed by atoms with Gasteiger partial charge in [0.25, 0.3) is 0 Å². The molecule has 27 heavy (non-hydrogen) atoms. The highest BCUT2D eigenvalue weighted by atomic mass is 16.3. The van der Waals surface area contributed by atoms with Crippen molar-refractivity contribution in [3.8, 4) is 0 Å². The third-order valence-corrected chi connectivity index (χ3v) is 5.63. The number of amides is 2. The zero-order valence-corrected chi connectivity index (χ0v) is 15.3. The topological polar surface area (TPSA) is 69.6 Å². The van der Waals surface area contributed by atoms with Crippen LogP contribution in [0.4, 0.5) is 5.69 Å². The number of nitrogens with one attached hydrogen (secondary N) is 1. The molecule has 2 aliphatic rings. The van der Waals surface area contributed by atoms with E-state index in [2.05, 4.69) is 17.4 Å². The summed E-state index contributed by atoms with van der Waals surface area (Å²) in [5.74, 6) is -0.448. The number of carbonyl (C=O) groups is 2. The van der Waals surface area contributed by atoms with Crippen LogP contribution in [0.25, 0.3) is 0 Å². The number of rotatable bonds is 5. The number of benzene rings is 2. The molecule has 1 saturated heterocycles. The molecule has 1 aliphatic carbocycles. The average Bonchev–Trinajstić information content (AvgIpc) is 3.32. The van der Waals surface area contributed by atoms with E-state index in [0.717, 1.165) is 29.7 Å². The fourth-order valence-electron chi connectivity index (χ4n) is 4.07. The number of fused-ring (bicyclic) bond motifs is 1. The Bertz CT molecular complexity index is 878. The van der Waals surface area contributed by atoms with E-state index < -0.39 is 0 Å². The van der Waals surface area contributed by atoms with Gasteiger partial charge < -0.3 is 15.3 Å². The Labute approximate surface area is 159 Å². The van der Waals surface area contributed by atoms with Gasteiger partial charge >= 0.3 is 0 Å². The predicted octanol–water partition coefficient (Wildman–Crippen LogP) is 2.34. The largest absolute Gasteiger partial charge is 0.392 e. The first kappa shape index (κ1) is 17.7. The standard InChI is InChI=1S/C22H24N2O3/c25-14-18-5-2-1-4-17(18)12-23-22(27)19-11-21(26)24(13-19)20-9-8-15-6-3-7-16(15)10-20/h1-2,4-5,8-10,19,25H,3,6-7,11-14H2,(H,23,27). The molecule has 0 saturated carbocycles. The minimum absolute atomic E-state index is 0.00357. The maximum absolute atomic E-state index is 12.6. The summed E-state index contributed by atoms with van der Waals surface area (Å²) >= 11 is 0. The third kappa shape index (κ3) is 3.60. The summed E-state index contributed by atoms with van der Waals surface area (Å²) in [4.78, 5) is 26.8. The summed E-state index contributed by atoms with van der Waals surface area (Å²) in [6.07, 6.45) is 3.60. The molecule has 4 rings (SSSR count). The van der Waals surface area contributed by atoms with Crippen molar-refractivity contribution in [2.75, 3.05) is 11.4 Å². The molecule has 1 atom stereocenters. The van der Waals surface area contributed by atoms with Gasteiger partial charge in [-0.15, -0.1) is 0 Å².